The molecule has 0 aromatic carbocycles. The fourth-order valence-corrected chi connectivity index (χ4v) is 5.97. The predicted molar refractivity (Wildman–Crippen MR) is 177 cm³/mol. The van der Waals surface area contributed by atoms with Gasteiger partial charge in [0.1, 0.15) is 37.5 Å². The zero-order valence-electron chi connectivity index (χ0n) is 28.9. The highest BCUT2D eigenvalue weighted by molar-refractivity contribution is 5.67. The van der Waals surface area contributed by atoms with Gasteiger partial charge in [-0.25, -0.2) is 14.2 Å². The second-order valence-electron chi connectivity index (χ2n) is 13.2. The van der Waals surface area contributed by atoms with Crippen LogP contribution in [0.3, 0.4) is 0 Å². The Morgan fingerprint density at radius 3 is 1.69 bits per heavy atom. The van der Waals surface area contributed by atoms with Crippen molar-refractivity contribution in [2.24, 2.45) is 0 Å². The van der Waals surface area contributed by atoms with Gasteiger partial charge in [0.05, 0.1) is 0 Å². The van der Waals surface area contributed by atoms with E-state index in [0.717, 1.165) is 37.9 Å². The molecule has 0 bridgehead atoms. The predicted octanol–water partition coefficient (Wildman–Crippen LogP) is 5.54. The Bertz CT molecular complexity index is 936. The first-order valence-electron chi connectivity index (χ1n) is 17.8. The minimum absolute atomic E-state index is 0. The standard InChI is InChI=1S/C36H63N3O5.ClH/c1-5-7-8-9-10-11-12-13-14-15-16-17-18-19-20-22-27-37-33(40)42-30-35(3)25-26-36(4,44-35)31-43-34(41)38-29-32-24-21-23-28-39(32)6-2;/h21,23-24,28H,5-20,22,25-27,29-31H2,1-4H3,(H-,37,38,40,41);1H/t35-,36+;/m1./s1. The maximum atomic E-state index is 12.3. The summed E-state index contributed by atoms with van der Waals surface area (Å²) in [6.07, 6.45) is 23.9. The van der Waals surface area contributed by atoms with E-state index in [9.17, 15) is 9.59 Å². The zero-order valence-corrected chi connectivity index (χ0v) is 29.7. The van der Waals surface area contributed by atoms with Crippen molar-refractivity contribution in [3.63, 3.8) is 0 Å². The Morgan fingerprint density at radius 2 is 1.20 bits per heavy atom. The quantitative estimate of drug-likeness (QED) is 0.113. The van der Waals surface area contributed by atoms with Gasteiger partial charge in [0, 0.05) is 18.7 Å². The highest BCUT2D eigenvalue weighted by atomic mass is 35.5. The Labute approximate surface area is 280 Å². The summed E-state index contributed by atoms with van der Waals surface area (Å²) in [5.74, 6) is 0. The Hall–Kier alpha value is -2.06. The number of rotatable bonds is 24. The molecule has 1 aliphatic heterocycles. The lowest BCUT2D eigenvalue weighted by Gasteiger charge is -2.29. The van der Waals surface area contributed by atoms with Crippen molar-refractivity contribution < 1.29 is 40.8 Å². The topological polar surface area (TPSA) is 89.8 Å². The molecule has 2 N–H and O–H groups in total. The summed E-state index contributed by atoms with van der Waals surface area (Å²) in [4.78, 5) is 24.6. The molecular formula is C36H64ClN3O5. The van der Waals surface area contributed by atoms with E-state index < -0.39 is 23.4 Å². The second kappa shape index (κ2) is 24.2. The lowest BCUT2D eigenvalue weighted by atomic mass is 9.99. The fourth-order valence-electron chi connectivity index (χ4n) is 5.97. The molecule has 0 aliphatic carbocycles. The Kier molecular flexibility index (Phi) is 22.0. The van der Waals surface area contributed by atoms with Crippen molar-refractivity contribution in [3.05, 3.63) is 30.1 Å². The number of unbranched alkanes of at least 4 members (excludes halogenated alkanes) is 15. The normalized spacial score (nSPS) is 19.1. The van der Waals surface area contributed by atoms with Crippen molar-refractivity contribution >= 4 is 12.2 Å². The Balaban J connectivity index is 0.0000101. The molecule has 8 nitrogen and oxygen atoms in total. The lowest BCUT2D eigenvalue weighted by molar-refractivity contribution is -0.701. The third-order valence-electron chi connectivity index (χ3n) is 8.78. The molecule has 2 amide bonds. The van der Waals surface area contributed by atoms with E-state index in [2.05, 4.69) is 29.0 Å². The summed E-state index contributed by atoms with van der Waals surface area (Å²) in [6, 6.07) is 5.90. The number of halogens is 1. The number of aryl methyl sites for hydroxylation is 1. The van der Waals surface area contributed by atoms with Crippen LogP contribution in [0.4, 0.5) is 9.59 Å². The van der Waals surface area contributed by atoms with Crippen LogP contribution >= 0.6 is 0 Å². The minimum atomic E-state index is -0.616. The fraction of sp³-hybridized carbons (Fsp3) is 0.806. The molecule has 1 fully saturated rings. The van der Waals surface area contributed by atoms with E-state index in [1.54, 1.807) is 0 Å². The van der Waals surface area contributed by atoms with Crippen molar-refractivity contribution in [1.29, 1.82) is 0 Å². The van der Waals surface area contributed by atoms with E-state index in [0.29, 0.717) is 13.1 Å². The van der Waals surface area contributed by atoms with Crippen LogP contribution in [-0.2, 0) is 27.3 Å². The van der Waals surface area contributed by atoms with Crippen LogP contribution in [-0.4, -0.2) is 43.1 Å². The van der Waals surface area contributed by atoms with Crippen LogP contribution in [0.2, 0.25) is 0 Å². The highest BCUT2D eigenvalue weighted by Gasteiger charge is 2.45. The molecule has 0 radical (unpaired) electrons. The average Bonchev–Trinajstić information content (AvgIpc) is 3.34. The molecular weight excluding hydrogens is 590 g/mol. The highest BCUT2D eigenvalue weighted by Crippen LogP contribution is 2.38. The first kappa shape index (κ1) is 41.0. The lowest BCUT2D eigenvalue weighted by Crippen LogP contribution is -3.00. The number of alkyl carbamates (subject to hydrolysis) is 2. The van der Waals surface area contributed by atoms with Crippen LogP contribution in [0.25, 0.3) is 0 Å². The summed E-state index contributed by atoms with van der Waals surface area (Å²) >= 11 is 0. The van der Waals surface area contributed by atoms with Crippen molar-refractivity contribution in [2.45, 2.75) is 168 Å². The number of amides is 2. The molecule has 9 heteroatoms. The van der Waals surface area contributed by atoms with Crippen molar-refractivity contribution in [1.82, 2.24) is 10.6 Å². The maximum Gasteiger partial charge on any atom is 0.407 e. The van der Waals surface area contributed by atoms with Crippen molar-refractivity contribution in [2.75, 3.05) is 19.8 Å². The number of pyridine rings is 1. The van der Waals surface area contributed by atoms with Gasteiger partial charge in [0.15, 0.2) is 6.20 Å². The number of aromatic nitrogens is 1. The molecule has 1 aliphatic rings. The molecule has 1 saturated heterocycles. The maximum absolute atomic E-state index is 12.3. The summed E-state index contributed by atoms with van der Waals surface area (Å²) in [5.41, 5.74) is -0.208. The van der Waals surface area contributed by atoms with Crippen LogP contribution in [0.1, 0.15) is 149 Å². The van der Waals surface area contributed by atoms with E-state index in [4.69, 9.17) is 14.2 Å². The molecule has 2 heterocycles. The van der Waals surface area contributed by atoms with Gasteiger partial charge in [-0.2, -0.15) is 0 Å². The number of nitrogens with one attached hydrogen (secondary N) is 2. The summed E-state index contributed by atoms with van der Waals surface area (Å²) in [7, 11) is 0. The molecule has 0 spiro atoms. The molecule has 0 saturated carbocycles. The number of carbonyl (C=O) groups is 2. The first-order valence-corrected chi connectivity index (χ1v) is 17.8. The summed E-state index contributed by atoms with van der Waals surface area (Å²) in [6.45, 7) is 10.4. The van der Waals surface area contributed by atoms with Gasteiger partial charge in [-0.3, -0.25) is 0 Å². The molecule has 1 aromatic heterocycles. The third-order valence-corrected chi connectivity index (χ3v) is 8.78. The molecule has 0 unspecified atom stereocenters. The smallest absolute Gasteiger partial charge is 0.407 e. The Morgan fingerprint density at radius 1 is 0.733 bits per heavy atom. The van der Waals surface area contributed by atoms with Gasteiger partial charge in [-0.1, -0.05) is 109 Å². The van der Waals surface area contributed by atoms with Gasteiger partial charge in [-0.05, 0) is 40.0 Å². The van der Waals surface area contributed by atoms with E-state index in [-0.39, 0.29) is 25.6 Å². The summed E-state index contributed by atoms with van der Waals surface area (Å²) < 4.78 is 19.3. The van der Waals surface area contributed by atoms with Crippen LogP contribution in [0.15, 0.2) is 24.4 Å². The number of hydrogen-bond donors (Lipinski definition) is 2. The van der Waals surface area contributed by atoms with Gasteiger partial charge in [0.2, 0.25) is 5.69 Å². The van der Waals surface area contributed by atoms with E-state index in [1.165, 1.54) is 89.9 Å². The largest absolute Gasteiger partial charge is 1.00 e. The van der Waals surface area contributed by atoms with Gasteiger partial charge < -0.3 is 37.3 Å². The number of carbonyl (C=O) groups excluding carboxylic acids is 2. The first-order chi connectivity index (χ1) is 21.3. The van der Waals surface area contributed by atoms with Gasteiger partial charge in [0.25, 0.3) is 0 Å². The summed E-state index contributed by atoms with van der Waals surface area (Å²) in [5, 5.41) is 5.69. The van der Waals surface area contributed by atoms with E-state index >= 15 is 0 Å². The number of nitrogens with zero attached hydrogens (tertiary/aromatic N) is 1. The SMILES string of the molecule is CCCCCCCCCCCCCCCCCCNC(=O)OC[C@@]1(C)CC[C@@](C)(COC(=O)NCc2cccc[n+]2CC)O1.[Cl-]. The minimum Gasteiger partial charge on any atom is -1.00 e. The molecule has 1 aromatic rings. The zero-order chi connectivity index (χ0) is 31.9. The third kappa shape index (κ3) is 18.6. The molecule has 2 atom stereocenters. The van der Waals surface area contributed by atoms with Gasteiger partial charge in [-0.15, -0.1) is 0 Å². The van der Waals surface area contributed by atoms with Crippen LogP contribution in [0.5, 0.6) is 0 Å². The number of ether oxygens (including phenoxy) is 3. The second-order valence-corrected chi connectivity index (χ2v) is 13.2. The monoisotopic (exact) mass is 653 g/mol. The van der Waals surface area contributed by atoms with E-state index in [1.807, 2.05) is 38.2 Å². The van der Waals surface area contributed by atoms with Crippen LogP contribution < -0.4 is 27.6 Å². The van der Waals surface area contributed by atoms with Crippen LogP contribution in [0, 0.1) is 0 Å². The number of hydrogen-bond acceptors (Lipinski definition) is 5. The van der Waals surface area contributed by atoms with Gasteiger partial charge >= 0.3 is 12.2 Å². The van der Waals surface area contributed by atoms with Crippen molar-refractivity contribution in [3.8, 4) is 0 Å². The average molecular weight is 654 g/mol. The molecule has 260 valence electrons. The molecule has 45 heavy (non-hydrogen) atoms. The molecule has 2 rings (SSSR count).